The second kappa shape index (κ2) is 7.59. The van der Waals surface area contributed by atoms with E-state index in [1.807, 2.05) is 13.8 Å². The minimum Gasteiger partial charge on any atom is -0.306 e. The Labute approximate surface area is 101 Å². The summed E-state index contributed by atoms with van der Waals surface area (Å²) >= 11 is 0. The first-order valence-corrected chi connectivity index (χ1v) is 6.99. The zero-order valence-corrected chi connectivity index (χ0v) is 10.8. The fourth-order valence-corrected chi connectivity index (χ4v) is 1.87. The third-order valence-corrected chi connectivity index (χ3v) is 2.91. The standard InChI is InChI=1S/C9H20N2O5S/c1-7(2)6-8(9(12)11-13)10-4-3-5-17(14,15)16/h7-8,10,13H,3-6H2,1-2H3,(H,11,12)(H,14,15,16)/t8-/m1/s1. The monoisotopic (exact) mass is 268 g/mol. The van der Waals surface area contributed by atoms with Gasteiger partial charge in [-0.25, -0.2) is 5.48 Å². The van der Waals surface area contributed by atoms with Crippen molar-refractivity contribution in [2.24, 2.45) is 5.92 Å². The van der Waals surface area contributed by atoms with Gasteiger partial charge < -0.3 is 5.32 Å². The van der Waals surface area contributed by atoms with Crippen LogP contribution in [0.3, 0.4) is 0 Å². The SMILES string of the molecule is CC(C)C[C@@H](NCCCS(=O)(=O)O)C(=O)NO. The lowest BCUT2D eigenvalue weighted by molar-refractivity contribution is -0.131. The van der Waals surface area contributed by atoms with Crippen LogP contribution in [0, 0.1) is 5.92 Å². The van der Waals surface area contributed by atoms with Gasteiger partial charge in [-0.1, -0.05) is 13.8 Å². The summed E-state index contributed by atoms with van der Waals surface area (Å²) in [6, 6.07) is -0.568. The van der Waals surface area contributed by atoms with Crippen molar-refractivity contribution in [3.63, 3.8) is 0 Å². The molecule has 4 N–H and O–H groups in total. The predicted molar refractivity (Wildman–Crippen MR) is 62.2 cm³/mol. The summed E-state index contributed by atoms with van der Waals surface area (Å²) in [5.74, 6) is -0.647. The van der Waals surface area contributed by atoms with Crippen LogP contribution in [0.15, 0.2) is 0 Å². The summed E-state index contributed by atoms with van der Waals surface area (Å²) in [5, 5.41) is 11.4. The van der Waals surface area contributed by atoms with Crippen LogP contribution in [0.1, 0.15) is 26.7 Å². The second-order valence-electron chi connectivity index (χ2n) is 4.25. The molecule has 1 atom stereocenters. The van der Waals surface area contributed by atoms with Gasteiger partial charge in [-0.15, -0.1) is 0 Å². The first-order valence-electron chi connectivity index (χ1n) is 5.38. The number of hydrogen-bond donors (Lipinski definition) is 4. The Balaban J connectivity index is 4.04. The summed E-state index contributed by atoms with van der Waals surface area (Å²) < 4.78 is 29.4. The van der Waals surface area contributed by atoms with Gasteiger partial charge in [0.05, 0.1) is 11.8 Å². The maximum Gasteiger partial charge on any atom is 0.264 e. The molecule has 0 aromatic rings. The van der Waals surface area contributed by atoms with Gasteiger partial charge in [-0.2, -0.15) is 8.42 Å². The van der Waals surface area contributed by atoms with Crippen molar-refractivity contribution >= 4 is 16.0 Å². The average molecular weight is 268 g/mol. The maximum absolute atomic E-state index is 11.2. The number of hydrogen-bond acceptors (Lipinski definition) is 5. The normalized spacial score (nSPS) is 13.7. The molecular weight excluding hydrogens is 248 g/mol. The zero-order chi connectivity index (χ0) is 13.5. The van der Waals surface area contributed by atoms with Crippen LogP contribution in [0.25, 0.3) is 0 Å². The number of carbonyl (C=O) groups excluding carboxylic acids is 1. The molecule has 0 heterocycles. The molecule has 7 nitrogen and oxygen atoms in total. The molecule has 17 heavy (non-hydrogen) atoms. The maximum atomic E-state index is 11.2. The highest BCUT2D eigenvalue weighted by atomic mass is 32.2. The Morgan fingerprint density at radius 1 is 1.35 bits per heavy atom. The lowest BCUT2D eigenvalue weighted by atomic mass is 10.0. The first-order chi connectivity index (χ1) is 7.76. The largest absolute Gasteiger partial charge is 0.306 e. The molecule has 0 aliphatic rings. The van der Waals surface area contributed by atoms with Gasteiger partial charge in [0.25, 0.3) is 16.0 Å². The van der Waals surface area contributed by atoms with E-state index in [0.717, 1.165) is 0 Å². The van der Waals surface area contributed by atoms with Gasteiger partial charge in [0.15, 0.2) is 0 Å². The number of carbonyl (C=O) groups is 1. The Morgan fingerprint density at radius 3 is 2.35 bits per heavy atom. The molecule has 0 aliphatic heterocycles. The highest BCUT2D eigenvalue weighted by Crippen LogP contribution is 2.04. The van der Waals surface area contributed by atoms with Crippen molar-refractivity contribution in [2.45, 2.75) is 32.7 Å². The summed E-state index contributed by atoms with van der Waals surface area (Å²) in [4.78, 5) is 11.2. The first kappa shape index (κ1) is 16.3. The fraction of sp³-hybridized carbons (Fsp3) is 0.889. The molecule has 0 bridgehead atoms. The third-order valence-electron chi connectivity index (χ3n) is 2.10. The number of nitrogens with one attached hydrogen (secondary N) is 2. The highest BCUT2D eigenvalue weighted by Gasteiger charge is 2.18. The molecule has 0 saturated carbocycles. The van der Waals surface area contributed by atoms with Crippen LogP contribution in [-0.2, 0) is 14.9 Å². The topological polar surface area (TPSA) is 116 Å². The van der Waals surface area contributed by atoms with E-state index in [4.69, 9.17) is 9.76 Å². The summed E-state index contributed by atoms with van der Waals surface area (Å²) in [7, 11) is -3.96. The van der Waals surface area contributed by atoms with Gasteiger partial charge in [-0.05, 0) is 25.3 Å². The highest BCUT2D eigenvalue weighted by molar-refractivity contribution is 7.85. The lowest BCUT2D eigenvalue weighted by Gasteiger charge is -2.18. The average Bonchev–Trinajstić information content (AvgIpc) is 2.19. The van der Waals surface area contributed by atoms with Gasteiger partial charge in [0.1, 0.15) is 0 Å². The zero-order valence-electron chi connectivity index (χ0n) is 10.0. The summed E-state index contributed by atoms with van der Waals surface area (Å²) in [5.41, 5.74) is 1.56. The molecule has 0 radical (unpaired) electrons. The van der Waals surface area contributed by atoms with Crippen molar-refractivity contribution in [3.05, 3.63) is 0 Å². The van der Waals surface area contributed by atoms with Crippen LogP contribution in [0.2, 0.25) is 0 Å². The van der Waals surface area contributed by atoms with Gasteiger partial charge in [-0.3, -0.25) is 14.6 Å². The van der Waals surface area contributed by atoms with E-state index in [1.54, 1.807) is 5.48 Å². The van der Waals surface area contributed by atoms with E-state index < -0.39 is 22.1 Å². The van der Waals surface area contributed by atoms with Crippen LogP contribution < -0.4 is 10.8 Å². The molecule has 102 valence electrons. The van der Waals surface area contributed by atoms with Crippen molar-refractivity contribution in [2.75, 3.05) is 12.3 Å². The van der Waals surface area contributed by atoms with Crippen molar-refractivity contribution in [1.82, 2.24) is 10.8 Å². The molecule has 0 saturated heterocycles. The number of amides is 1. The van der Waals surface area contributed by atoms with E-state index >= 15 is 0 Å². The molecule has 0 aromatic carbocycles. The van der Waals surface area contributed by atoms with E-state index in [9.17, 15) is 13.2 Å². The van der Waals surface area contributed by atoms with Crippen molar-refractivity contribution in [3.8, 4) is 0 Å². The smallest absolute Gasteiger partial charge is 0.264 e. The minimum atomic E-state index is -3.96. The van der Waals surface area contributed by atoms with Crippen molar-refractivity contribution < 1.29 is 23.0 Å². The molecule has 0 fully saturated rings. The van der Waals surface area contributed by atoms with E-state index in [1.165, 1.54) is 0 Å². The summed E-state index contributed by atoms with van der Waals surface area (Å²) in [6.45, 7) is 4.12. The molecule has 0 rings (SSSR count). The number of rotatable bonds is 8. The van der Waals surface area contributed by atoms with Crippen LogP contribution in [-0.4, -0.2) is 42.4 Å². The minimum absolute atomic E-state index is 0.201. The van der Waals surface area contributed by atoms with E-state index in [2.05, 4.69) is 5.32 Å². The molecule has 0 spiro atoms. The Bertz CT molecular complexity index is 328. The molecule has 0 aliphatic carbocycles. The predicted octanol–water partition coefficient (Wildman–Crippen LogP) is -0.226. The third kappa shape index (κ3) is 9.04. The number of hydroxylamine groups is 1. The Kier molecular flexibility index (Phi) is 7.28. The van der Waals surface area contributed by atoms with Crippen LogP contribution in [0.4, 0.5) is 0 Å². The van der Waals surface area contributed by atoms with Gasteiger partial charge in [0, 0.05) is 0 Å². The summed E-state index contributed by atoms with van der Waals surface area (Å²) in [6.07, 6.45) is 0.727. The van der Waals surface area contributed by atoms with Gasteiger partial charge in [0.2, 0.25) is 0 Å². The molecule has 8 heteroatoms. The molecule has 0 unspecified atom stereocenters. The Morgan fingerprint density at radius 2 is 1.94 bits per heavy atom. The quantitative estimate of drug-likeness (QED) is 0.209. The fourth-order valence-electron chi connectivity index (χ4n) is 1.36. The van der Waals surface area contributed by atoms with E-state index in [0.29, 0.717) is 6.42 Å². The van der Waals surface area contributed by atoms with Crippen LogP contribution >= 0.6 is 0 Å². The Hall–Kier alpha value is -0.700. The lowest BCUT2D eigenvalue weighted by Crippen LogP contribution is -2.44. The van der Waals surface area contributed by atoms with Crippen molar-refractivity contribution in [1.29, 1.82) is 0 Å². The molecule has 0 aromatic heterocycles. The molecule has 1 amide bonds. The van der Waals surface area contributed by atoms with Crippen LogP contribution in [0.5, 0.6) is 0 Å². The second-order valence-corrected chi connectivity index (χ2v) is 5.82. The van der Waals surface area contributed by atoms with Gasteiger partial charge >= 0.3 is 0 Å². The molecular formula is C9H20N2O5S. The van der Waals surface area contributed by atoms with E-state index in [-0.39, 0.29) is 24.6 Å².